The minimum Gasteiger partial charge on any atom is -0.493 e. The van der Waals surface area contributed by atoms with Gasteiger partial charge in [-0.05, 0) is 73.6 Å². The smallest absolute Gasteiger partial charge is 0.330 e. The number of hydrogen-bond donors (Lipinski definition) is 4. The summed E-state index contributed by atoms with van der Waals surface area (Å²) in [6, 6.07) is 11.6. The summed E-state index contributed by atoms with van der Waals surface area (Å²) in [5.74, 6) is -1.18. The van der Waals surface area contributed by atoms with Crippen LogP contribution < -0.4 is 19.5 Å². The van der Waals surface area contributed by atoms with Crippen LogP contribution in [0.15, 0.2) is 72.8 Å². The van der Waals surface area contributed by atoms with Crippen LogP contribution >= 0.6 is 11.6 Å². The first-order valence-electron chi connectivity index (χ1n) is 17.5. The Morgan fingerprint density at radius 2 is 1.85 bits per heavy atom. The van der Waals surface area contributed by atoms with Gasteiger partial charge in [0.2, 0.25) is 5.91 Å². The van der Waals surface area contributed by atoms with E-state index in [1.165, 1.54) is 13.2 Å². The summed E-state index contributed by atoms with van der Waals surface area (Å²) in [6.45, 7) is -0.552. The van der Waals surface area contributed by atoms with Gasteiger partial charge in [-0.2, -0.15) is 0 Å². The molecular formula is C38H47ClN2O13. The molecule has 0 unspecified atom stereocenters. The zero-order chi connectivity index (χ0) is 39.3. The molecule has 3 rings (SSSR count). The fraction of sp³-hybridized carbons (Fsp3) is 0.447. The van der Waals surface area contributed by atoms with Crippen molar-refractivity contribution in [2.75, 3.05) is 33.5 Å². The normalized spacial score (nSPS) is 18.8. The average Bonchev–Trinajstić information content (AvgIpc) is 3.41. The van der Waals surface area contributed by atoms with E-state index in [2.05, 4.69) is 10.2 Å². The minimum absolute atomic E-state index is 0.00537. The van der Waals surface area contributed by atoms with Crippen molar-refractivity contribution in [2.24, 2.45) is 11.8 Å². The molecule has 294 valence electrons. The number of carbonyl (C=O) groups is 3. The van der Waals surface area contributed by atoms with Gasteiger partial charge in [0.05, 0.1) is 25.9 Å². The lowest BCUT2D eigenvalue weighted by Gasteiger charge is -2.19. The number of hydrogen-bond acceptors (Lipinski definition) is 13. The number of allylic oxidation sites excluding steroid dienone is 2. The lowest BCUT2D eigenvalue weighted by atomic mass is 9.89. The zero-order valence-electron chi connectivity index (χ0n) is 29.9. The highest BCUT2D eigenvalue weighted by Crippen LogP contribution is 2.36. The molecule has 1 saturated carbocycles. The molecule has 0 aromatic heterocycles. The largest absolute Gasteiger partial charge is 0.493 e. The maximum atomic E-state index is 12.4. The number of benzene rings is 2. The molecule has 0 aliphatic heterocycles. The van der Waals surface area contributed by atoms with Gasteiger partial charge in [0.25, 0.3) is 5.09 Å². The quantitative estimate of drug-likeness (QED) is 0.0309. The fourth-order valence-corrected chi connectivity index (χ4v) is 5.73. The van der Waals surface area contributed by atoms with E-state index >= 15 is 0 Å². The molecule has 16 heteroatoms. The second-order valence-corrected chi connectivity index (χ2v) is 12.8. The molecule has 0 saturated heterocycles. The van der Waals surface area contributed by atoms with Crippen LogP contribution in [0, 0.1) is 22.0 Å². The predicted molar refractivity (Wildman–Crippen MR) is 197 cm³/mol. The molecule has 1 fully saturated rings. The number of ether oxygens (including phenoxy) is 4. The van der Waals surface area contributed by atoms with Gasteiger partial charge < -0.3 is 44.4 Å². The van der Waals surface area contributed by atoms with Crippen molar-refractivity contribution in [2.45, 2.75) is 63.3 Å². The van der Waals surface area contributed by atoms with E-state index in [9.17, 15) is 39.8 Å². The van der Waals surface area contributed by atoms with Crippen molar-refractivity contribution in [3.63, 3.8) is 0 Å². The summed E-state index contributed by atoms with van der Waals surface area (Å²) in [4.78, 5) is 50.6. The number of aliphatic hydroxyl groups is 3. The van der Waals surface area contributed by atoms with Crippen LogP contribution in [0.4, 0.5) is 0 Å². The number of halogens is 1. The van der Waals surface area contributed by atoms with E-state index in [-0.39, 0.29) is 81.3 Å². The Kier molecular flexibility index (Phi) is 19.0. The topological polar surface area (TPSA) is 213 Å². The lowest BCUT2D eigenvalue weighted by molar-refractivity contribution is -0.757. The first-order chi connectivity index (χ1) is 25.9. The molecule has 0 spiro atoms. The summed E-state index contributed by atoms with van der Waals surface area (Å²) in [5.41, 5.74) is 0.672. The number of rotatable bonds is 23. The van der Waals surface area contributed by atoms with E-state index < -0.39 is 35.3 Å². The third-order valence-electron chi connectivity index (χ3n) is 8.25. The number of aliphatic hydroxyl groups excluding tert-OH is 3. The van der Waals surface area contributed by atoms with Crippen LogP contribution in [0.1, 0.15) is 50.5 Å². The van der Waals surface area contributed by atoms with Gasteiger partial charge in [-0.1, -0.05) is 54.1 Å². The lowest BCUT2D eigenvalue weighted by Crippen LogP contribution is -2.31. The maximum absolute atomic E-state index is 12.4. The highest BCUT2D eigenvalue weighted by atomic mass is 35.5. The van der Waals surface area contributed by atoms with Crippen molar-refractivity contribution in [1.29, 1.82) is 0 Å². The molecule has 1 aliphatic carbocycles. The summed E-state index contributed by atoms with van der Waals surface area (Å²) >= 11 is 5.96. The number of nitrogens with one attached hydrogen (secondary N) is 1. The summed E-state index contributed by atoms with van der Waals surface area (Å²) in [6.07, 6.45) is 10.2. The number of unbranched alkanes of at least 4 members (excludes halogenated alkanes) is 1. The molecule has 0 heterocycles. The minimum atomic E-state index is -0.926. The van der Waals surface area contributed by atoms with Crippen LogP contribution in [-0.2, 0) is 24.0 Å². The number of nitrogens with zero attached hydrogens (tertiary/aromatic N) is 1. The van der Waals surface area contributed by atoms with E-state index in [1.54, 1.807) is 60.7 Å². The van der Waals surface area contributed by atoms with Crippen molar-refractivity contribution < 1.29 is 58.6 Å². The Balaban J connectivity index is 1.32. The standard InChI is InChI=1S/C38H47ClN2O13/c1-50-35-21-26(9-7-19-51-37(46)14-8-20-53-41(48)49)15-18-34(35)54-38(47)24-40-36(45)13-5-3-2-4-12-30-31(33(44)23-32(30)43)17-16-28(42)25-52-29-11-6-10-27(39)22-29/h2,4,6-7,9-11,15-18,21-22,28,30-33,42-44H,3,5,8,12-14,19-20,23-25H2,1H3,(H,40,45)/b4-2-,9-7+,17-16+/t28-,30-,31-,32+,33-/m1/s1. The third kappa shape index (κ3) is 16.4. The van der Waals surface area contributed by atoms with Crippen LogP contribution in [0.25, 0.3) is 6.08 Å². The molecule has 15 nitrogen and oxygen atoms in total. The molecule has 5 atom stereocenters. The molecule has 1 amide bonds. The summed E-state index contributed by atoms with van der Waals surface area (Å²) < 4.78 is 21.3. The van der Waals surface area contributed by atoms with E-state index in [4.69, 9.17) is 30.5 Å². The highest BCUT2D eigenvalue weighted by Gasteiger charge is 2.39. The number of esters is 2. The third-order valence-corrected chi connectivity index (χ3v) is 8.49. The van der Waals surface area contributed by atoms with Crippen molar-refractivity contribution in [3.05, 3.63) is 93.5 Å². The van der Waals surface area contributed by atoms with Gasteiger partial charge in [0.1, 0.15) is 31.6 Å². The summed E-state index contributed by atoms with van der Waals surface area (Å²) in [5, 5.41) is 43.6. The predicted octanol–water partition coefficient (Wildman–Crippen LogP) is 4.39. The van der Waals surface area contributed by atoms with Gasteiger partial charge in [-0.15, -0.1) is 10.1 Å². The second kappa shape index (κ2) is 23.7. The van der Waals surface area contributed by atoms with Crippen LogP contribution in [0.5, 0.6) is 17.2 Å². The molecule has 0 radical (unpaired) electrons. The molecule has 2 aromatic rings. The molecule has 54 heavy (non-hydrogen) atoms. The Hall–Kier alpha value is -4.96. The van der Waals surface area contributed by atoms with E-state index in [0.717, 1.165) is 0 Å². The van der Waals surface area contributed by atoms with Crippen molar-refractivity contribution in [3.8, 4) is 17.2 Å². The molecule has 1 aliphatic rings. The number of carbonyl (C=O) groups excluding carboxylic acids is 3. The highest BCUT2D eigenvalue weighted by molar-refractivity contribution is 6.30. The van der Waals surface area contributed by atoms with Crippen molar-refractivity contribution >= 4 is 35.5 Å². The fourth-order valence-electron chi connectivity index (χ4n) is 5.55. The molecular weight excluding hydrogens is 728 g/mol. The average molecular weight is 775 g/mol. The maximum Gasteiger partial charge on any atom is 0.330 e. The molecule has 2 aromatic carbocycles. The number of methoxy groups -OCH3 is 1. The number of amides is 1. The molecule has 4 N–H and O–H groups in total. The van der Waals surface area contributed by atoms with Crippen LogP contribution in [0.2, 0.25) is 5.02 Å². The first kappa shape index (κ1) is 43.4. The summed E-state index contributed by atoms with van der Waals surface area (Å²) in [7, 11) is 1.41. The van der Waals surface area contributed by atoms with Gasteiger partial charge >= 0.3 is 11.9 Å². The van der Waals surface area contributed by atoms with E-state index in [1.807, 2.05) is 12.2 Å². The SMILES string of the molecule is COc1cc(/C=C/COC(=O)CCCO[N+](=O)[O-])ccc1OC(=O)CNC(=O)CCC/C=C\C[C@@H]1[C@@H](/C=C/[C@@H](O)COc2cccc(Cl)c2)[C@H](O)C[C@@H]1O. The van der Waals surface area contributed by atoms with Gasteiger partial charge in [-0.25, -0.2) is 4.79 Å². The van der Waals surface area contributed by atoms with Crippen LogP contribution in [-0.4, -0.2) is 90.0 Å². The van der Waals surface area contributed by atoms with Gasteiger partial charge in [0, 0.05) is 30.2 Å². The van der Waals surface area contributed by atoms with Crippen molar-refractivity contribution in [1.82, 2.24) is 5.32 Å². The second-order valence-electron chi connectivity index (χ2n) is 12.3. The first-order valence-corrected chi connectivity index (χ1v) is 17.8. The Morgan fingerprint density at radius 3 is 2.61 bits per heavy atom. The molecule has 0 bridgehead atoms. The Bertz CT molecular complexity index is 1620. The van der Waals surface area contributed by atoms with Gasteiger partial charge in [0.15, 0.2) is 11.5 Å². The van der Waals surface area contributed by atoms with E-state index in [0.29, 0.717) is 35.6 Å². The zero-order valence-corrected chi connectivity index (χ0v) is 30.7. The van der Waals surface area contributed by atoms with Gasteiger partial charge in [-0.3, -0.25) is 9.59 Å². The Labute approximate surface area is 318 Å². The monoisotopic (exact) mass is 774 g/mol. The Morgan fingerprint density at radius 1 is 1.04 bits per heavy atom. The van der Waals surface area contributed by atoms with Crippen LogP contribution in [0.3, 0.4) is 0 Å².